The van der Waals surface area contributed by atoms with Gasteiger partial charge in [0.25, 0.3) is 0 Å². The average Bonchev–Trinajstić information content (AvgIpc) is 3.75. The van der Waals surface area contributed by atoms with Gasteiger partial charge in [-0.1, -0.05) is 133 Å². The van der Waals surface area contributed by atoms with Crippen LogP contribution in [-0.4, -0.2) is 0 Å². The molecular formula is C46H29NS2. The van der Waals surface area contributed by atoms with Gasteiger partial charge in [0.05, 0.1) is 16.1 Å². The Labute approximate surface area is 292 Å². The largest absolute Gasteiger partial charge is 0.308 e. The molecule has 1 nitrogen and oxygen atoms in total. The van der Waals surface area contributed by atoms with Crippen LogP contribution in [0.2, 0.25) is 0 Å². The van der Waals surface area contributed by atoms with Crippen molar-refractivity contribution >= 4 is 90.9 Å². The van der Waals surface area contributed by atoms with Crippen molar-refractivity contribution in [2.75, 3.05) is 4.90 Å². The second-order valence-corrected chi connectivity index (χ2v) is 14.6. The van der Waals surface area contributed by atoms with Crippen molar-refractivity contribution in [3.8, 4) is 22.3 Å². The van der Waals surface area contributed by atoms with Crippen LogP contribution in [0.5, 0.6) is 0 Å². The van der Waals surface area contributed by atoms with Crippen LogP contribution in [-0.2, 0) is 0 Å². The zero-order valence-corrected chi connectivity index (χ0v) is 28.1. The molecule has 0 amide bonds. The van der Waals surface area contributed by atoms with E-state index in [0.717, 1.165) is 5.69 Å². The second kappa shape index (κ2) is 11.5. The van der Waals surface area contributed by atoms with Gasteiger partial charge < -0.3 is 4.90 Å². The number of rotatable bonds is 5. The van der Waals surface area contributed by atoms with E-state index in [0.29, 0.717) is 0 Å². The fraction of sp³-hybridized carbons (Fsp3) is 0. The predicted octanol–water partition coefficient (Wildman–Crippen LogP) is 14.4. The number of thiophene rings is 2. The Morgan fingerprint density at radius 2 is 1.04 bits per heavy atom. The molecule has 0 spiro atoms. The lowest BCUT2D eigenvalue weighted by Crippen LogP contribution is -2.12. The molecule has 0 bridgehead atoms. The SMILES string of the molecule is c1ccc(-c2ccc3cc(N(c4c(-c5ccccc5)ccc5c4sc4ccccc45)c4cccc5sc6ccccc6c45)ccc3c2)cc1. The maximum Gasteiger partial charge on any atom is 0.0718 e. The van der Waals surface area contributed by atoms with Gasteiger partial charge in [0.15, 0.2) is 0 Å². The summed E-state index contributed by atoms with van der Waals surface area (Å²) in [5.41, 5.74) is 8.44. The summed E-state index contributed by atoms with van der Waals surface area (Å²) in [6.45, 7) is 0. The quantitative estimate of drug-likeness (QED) is 0.178. The summed E-state index contributed by atoms with van der Waals surface area (Å²) in [6.07, 6.45) is 0. The highest BCUT2D eigenvalue weighted by molar-refractivity contribution is 7.26. The number of hydrogen-bond acceptors (Lipinski definition) is 3. The molecule has 10 rings (SSSR count). The van der Waals surface area contributed by atoms with Gasteiger partial charge in [-0.25, -0.2) is 0 Å². The highest BCUT2D eigenvalue weighted by Gasteiger charge is 2.25. The molecule has 0 radical (unpaired) electrons. The van der Waals surface area contributed by atoms with E-state index in [1.807, 2.05) is 22.7 Å². The topological polar surface area (TPSA) is 3.24 Å². The Balaban J connectivity index is 1.31. The molecule has 0 aliphatic rings. The van der Waals surface area contributed by atoms with Crippen LogP contribution in [0.4, 0.5) is 17.1 Å². The van der Waals surface area contributed by atoms with Crippen LogP contribution in [0.3, 0.4) is 0 Å². The van der Waals surface area contributed by atoms with Gasteiger partial charge in [-0.3, -0.25) is 0 Å². The third kappa shape index (κ3) is 4.66. The van der Waals surface area contributed by atoms with Crippen molar-refractivity contribution in [3.05, 3.63) is 176 Å². The van der Waals surface area contributed by atoms with Gasteiger partial charge >= 0.3 is 0 Å². The first-order valence-corrected chi connectivity index (χ1v) is 18.2. The Morgan fingerprint density at radius 1 is 0.388 bits per heavy atom. The van der Waals surface area contributed by atoms with Gasteiger partial charge in [-0.2, -0.15) is 0 Å². The van der Waals surface area contributed by atoms with Crippen molar-refractivity contribution in [1.82, 2.24) is 0 Å². The Kier molecular flexibility index (Phi) is 6.61. The minimum absolute atomic E-state index is 1.14. The van der Waals surface area contributed by atoms with Gasteiger partial charge in [0.2, 0.25) is 0 Å². The number of anilines is 3. The van der Waals surface area contributed by atoms with Gasteiger partial charge in [0.1, 0.15) is 0 Å². The third-order valence-corrected chi connectivity index (χ3v) is 12.0. The maximum atomic E-state index is 2.55. The summed E-state index contributed by atoms with van der Waals surface area (Å²) in [4.78, 5) is 2.55. The minimum atomic E-state index is 1.14. The molecule has 0 N–H and O–H groups in total. The summed E-state index contributed by atoms with van der Waals surface area (Å²) in [5, 5.41) is 7.62. The van der Waals surface area contributed by atoms with Crippen LogP contribution >= 0.6 is 22.7 Å². The number of nitrogens with zero attached hydrogens (tertiary/aromatic N) is 1. The third-order valence-electron chi connectivity index (χ3n) is 9.64. The summed E-state index contributed by atoms with van der Waals surface area (Å²) < 4.78 is 5.19. The van der Waals surface area contributed by atoms with E-state index < -0.39 is 0 Å². The van der Waals surface area contributed by atoms with Gasteiger partial charge in [-0.05, 0) is 69.9 Å². The molecule has 10 aromatic rings. The monoisotopic (exact) mass is 659 g/mol. The molecule has 49 heavy (non-hydrogen) atoms. The molecular weight excluding hydrogens is 631 g/mol. The molecule has 2 aromatic heterocycles. The summed E-state index contributed by atoms with van der Waals surface area (Å²) in [6, 6.07) is 64.4. The second-order valence-electron chi connectivity index (χ2n) is 12.5. The lowest BCUT2D eigenvalue weighted by atomic mass is 9.97. The minimum Gasteiger partial charge on any atom is -0.308 e. The van der Waals surface area contributed by atoms with Crippen LogP contribution in [0.1, 0.15) is 0 Å². The van der Waals surface area contributed by atoms with Crippen LogP contribution in [0, 0.1) is 0 Å². The normalized spacial score (nSPS) is 11.7. The molecule has 0 unspecified atom stereocenters. The predicted molar refractivity (Wildman–Crippen MR) is 215 cm³/mol. The van der Waals surface area contributed by atoms with E-state index in [1.54, 1.807) is 0 Å². The number of fused-ring (bicyclic) bond motifs is 7. The first-order chi connectivity index (χ1) is 24.3. The Morgan fingerprint density at radius 3 is 1.86 bits per heavy atom. The summed E-state index contributed by atoms with van der Waals surface area (Å²) in [5.74, 6) is 0. The van der Waals surface area contributed by atoms with Gasteiger partial charge in [-0.15, -0.1) is 22.7 Å². The molecule has 2 heterocycles. The molecule has 0 aliphatic carbocycles. The van der Waals surface area contributed by atoms with E-state index in [2.05, 4.69) is 181 Å². The van der Waals surface area contributed by atoms with E-state index in [1.165, 1.54) is 84.7 Å². The van der Waals surface area contributed by atoms with Crippen molar-refractivity contribution in [3.63, 3.8) is 0 Å². The average molecular weight is 660 g/mol. The molecule has 230 valence electrons. The molecule has 0 fully saturated rings. The lowest BCUT2D eigenvalue weighted by molar-refractivity contribution is 1.33. The molecule has 0 saturated heterocycles. The van der Waals surface area contributed by atoms with Crippen molar-refractivity contribution in [1.29, 1.82) is 0 Å². The standard InChI is InChI=1S/C46H29NS2/c1-3-12-30(13-4-1)32-22-23-34-29-35(25-24-33(34)28-32)47(40-18-11-21-43-44(40)39-17-8-10-20-42(39)48-43)45-36(31-14-5-2-6-15-31)26-27-38-37-16-7-9-19-41(37)49-46(38)45/h1-29H. The lowest BCUT2D eigenvalue weighted by Gasteiger charge is -2.29. The van der Waals surface area contributed by atoms with Crippen molar-refractivity contribution < 1.29 is 0 Å². The zero-order chi connectivity index (χ0) is 32.3. The molecule has 0 saturated carbocycles. The molecule has 0 aliphatic heterocycles. The molecule has 3 heteroatoms. The fourth-order valence-corrected chi connectivity index (χ4v) is 9.73. The maximum absolute atomic E-state index is 2.55. The van der Waals surface area contributed by atoms with Crippen molar-refractivity contribution in [2.45, 2.75) is 0 Å². The highest BCUT2D eigenvalue weighted by Crippen LogP contribution is 2.52. The van der Waals surface area contributed by atoms with Crippen LogP contribution in [0.25, 0.3) is 73.4 Å². The van der Waals surface area contributed by atoms with E-state index in [4.69, 9.17) is 0 Å². The Bertz CT molecular complexity index is 2830. The molecule has 0 atom stereocenters. The fourth-order valence-electron chi connectivity index (χ4n) is 7.36. The zero-order valence-electron chi connectivity index (χ0n) is 26.5. The molecule has 8 aromatic carbocycles. The van der Waals surface area contributed by atoms with Crippen LogP contribution in [0.15, 0.2) is 176 Å². The number of benzene rings is 8. The Hall–Kier alpha value is -5.74. The van der Waals surface area contributed by atoms with Crippen molar-refractivity contribution in [2.24, 2.45) is 0 Å². The van der Waals surface area contributed by atoms with Crippen LogP contribution < -0.4 is 4.90 Å². The highest BCUT2D eigenvalue weighted by atomic mass is 32.1. The summed E-state index contributed by atoms with van der Waals surface area (Å²) >= 11 is 3.76. The van der Waals surface area contributed by atoms with Gasteiger partial charge in [0, 0.05) is 46.9 Å². The smallest absolute Gasteiger partial charge is 0.0718 e. The summed E-state index contributed by atoms with van der Waals surface area (Å²) in [7, 11) is 0. The first kappa shape index (κ1) is 28.3. The van der Waals surface area contributed by atoms with E-state index >= 15 is 0 Å². The van der Waals surface area contributed by atoms with E-state index in [9.17, 15) is 0 Å². The number of hydrogen-bond donors (Lipinski definition) is 0. The first-order valence-electron chi connectivity index (χ1n) is 16.6. The van der Waals surface area contributed by atoms with E-state index in [-0.39, 0.29) is 0 Å².